The van der Waals surface area contributed by atoms with Gasteiger partial charge in [-0.1, -0.05) is 32.9 Å². The van der Waals surface area contributed by atoms with Gasteiger partial charge in [0.25, 0.3) is 0 Å². The van der Waals surface area contributed by atoms with Gasteiger partial charge in [-0.05, 0) is 35.2 Å². The monoisotopic (exact) mass is 258 g/mol. The SMILES string of the molecule is CC(C)(C)c1ccc(NC(CN)c2ccco2)cc1. The lowest BCUT2D eigenvalue weighted by Gasteiger charge is -2.20. The zero-order chi connectivity index (χ0) is 13.9. The molecular formula is C16H22N2O. The molecule has 0 aliphatic rings. The molecular weight excluding hydrogens is 236 g/mol. The van der Waals surface area contributed by atoms with Crippen LogP contribution in [0.4, 0.5) is 5.69 Å². The Morgan fingerprint density at radius 1 is 1.16 bits per heavy atom. The highest BCUT2D eigenvalue weighted by Crippen LogP contribution is 2.25. The van der Waals surface area contributed by atoms with Crippen molar-refractivity contribution in [1.82, 2.24) is 0 Å². The molecule has 3 nitrogen and oxygen atoms in total. The molecule has 1 atom stereocenters. The summed E-state index contributed by atoms with van der Waals surface area (Å²) in [6.45, 7) is 7.12. The van der Waals surface area contributed by atoms with Crippen molar-refractivity contribution in [3.8, 4) is 0 Å². The van der Waals surface area contributed by atoms with Gasteiger partial charge in [0, 0.05) is 12.2 Å². The normalized spacial score (nSPS) is 13.3. The Kier molecular flexibility index (Phi) is 3.96. The van der Waals surface area contributed by atoms with E-state index in [-0.39, 0.29) is 11.5 Å². The van der Waals surface area contributed by atoms with Crippen LogP contribution in [-0.4, -0.2) is 6.54 Å². The van der Waals surface area contributed by atoms with Crippen LogP contribution >= 0.6 is 0 Å². The smallest absolute Gasteiger partial charge is 0.127 e. The van der Waals surface area contributed by atoms with Crippen molar-refractivity contribution >= 4 is 5.69 Å². The predicted molar refractivity (Wildman–Crippen MR) is 79.3 cm³/mol. The number of benzene rings is 1. The van der Waals surface area contributed by atoms with Gasteiger partial charge in [-0.15, -0.1) is 0 Å². The summed E-state index contributed by atoms with van der Waals surface area (Å²) in [4.78, 5) is 0. The maximum absolute atomic E-state index is 5.79. The van der Waals surface area contributed by atoms with Gasteiger partial charge in [-0.2, -0.15) is 0 Å². The van der Waals surface area contributed by atoms with Crippen LogP contribution in [0.2, 0.25) is 0 Å². The number of hydrogen-bond acceptors (Lipinski definition) is 3. The number of hydrogen-bond donors (Lipinski definition) is 2. The van der Waals surface area contributed by atoms with E-state index in [4.69, 9.17) is 10.2 Å². The molecule has 0 amide bonds. The average molecular weight is 258 g/mol. The summed E-state index contributed by atoms with van der Waals surface area (Å²) in [5.74, 6) is 0.863. The van der Waals surface area contributed by atoms with E-state index in [1.165, 1.54) is 5.56 Å². The van der Waals surface area contributed by atoms with E-state index in [2.05, 4.69) is 50.4 Å². The molecule has 3 N–H and O–H groups in total. The van der Waals surface area contributed by atoms with Crippen LogP contribution < -0.4 is 11.1 Å². The Bertz CT molecular complexity index is 495. The van der Waals surface area contributed by atoms with Crippen molar-refractivity contribution in [2.24, 2.45) is 5.73 Å². The summed E-state index contributed by atoms with van der Waals surface area (Å²) < 4.78 is 5.39. The van der Waals surface area contributed by atoms with E-state index in [1.54, 1.807) is 6.26 Å². The summed E-state index contributed by atoms with van der Waals surface area (Å²) in [5.41, 5.74) is 8.34. The molecule has 0 aliphatic carbocycles. The van der Waals surface area contributed by atoms with Gasteiger partial charge in [0.1, 0.15) is 5.76 Å². The van der Waals surface area contributed by atoms with Crippen molar-refractivity contribution in [3.05, 3.63) is 54.0 Å². The Labute approximate surface area is 114 Å². The third-order valence-corrected chi connectivity index (χ3v) is 3.21. The molecule has 1 heterocycles. The number of rotatable bonds is 4. The minimum Gasteiger partial charge on any atom is -0.467 e. The zero-order valence-corrected chi connectivity index (χ0v) is 11.8. The fraction of sp³-hybridized carbons (Fsp3) is 0.375. The summed E-state index contributed by atoms with van der Waals surface area (Å²) >= 11 is 0. The van der Waals surface area contributed by atoms with Crippen LogP contribution in [0.1, 0.15) is 38.1 Å². The van der Waals surface area contributed by atoms with E-state index >= 15 is 0 Å². The Morgan fingerprint density at radius 3 is 2.32 bits per heavy atom. The molecule has 1 aromatic carbocycles. The molecule has 0 bridgehead atoms. The predicted octanol–water partition coefficient (Wildman–Crippen LogP) is 3.69. The maximum Gasteiger partial charge on any atom is 0.127 e. The van der Waals surface area contributed by atoms with Gasteiger partial charge in [0.15, 0.2) is 0 Å². The van der Waals surface area contributed by atoms with Gasteiger partial charge >= 0.3 is 0 Å². The molecule has 0 saturated heterocycles. The van der Waals surface area contributed by atoms with Crippen molar-refractivity contribution in [3.63, 3.8) is 0 Å². The van der Waals surface area contributed by atoms with Gasteiger partial charge in [0.2, 0.25) is 0 Å². The number of nitrogens with two attached hydrogens (primary N) is 1. The summed E-state index contributed by atoms with van der Waals surface area (Å²) in [6.07, 6.45) is 1.67. The highest BCUT2D eigenvalue weighted by molar-refractivity contribution is 5.47. The molecule has 0 saturated carbocycles. The fourth-order valence-corrected chi connectivity index (χ4v) is 2.00. The molecule has 19 heavy (non-hydrogen) atoms. The van der Waals surface area contributed by atoms with Crippen LogP contribution in [0.25, 0.3) is 0 Å². The Balaban J connectivity index is 2.11. The van der Waals surface area contributed by atoms with E-state index in [9.17, 15) is 0 Å². The summed E-state index contributed by atoms with van der Waals surface area (Å²) in [5, 5.41) is 3.39. The lowest BCUT2D eigenvalue weighted by Crippen LogP contribution is -2.20. The number of furan rings is 1. The molecule has 0 aliphatic heterocycles. The quantitative estimate of drug-likeness (QED) is 0.879. The first kappa shape index (κ1) is 13.7. The second-order valence-corrected chi connectivity index (χ2v) is 5.78. The third-order valence-electron chi connectivity index (χ3n) is 3.21. The van der Waals surface area contributed by atoms with Crippen LogP contribution in [-0.2, 0) is 5.41 Å². The maximum atomic E-state index is 5.79. The molecule has 0 spiro atoms. The summed E-state index contributed by atoms with van der Waals surface area (Å²) in [6, 6.07) is 12.3. The molecule has 1 aromatic heterocycles. The molecule has 2 rings (SSSR count). The number of nitrogens with one attached hydrogen (secondary N) is 1. The standard InChI is InChI=1S/C16H22N2O/c1-16(2,3)12-6-8-13(9-7-12)18-14(11-17)15-5-4-10-19-15/h4-10,14,18H,11,17H2,1-3H3. The molecule has 3 heteroatoms. The largest absolute Gasteiger partial charge is 0.467 e. The van der Waals surface area contributed by atoms with Crippen molar-refractivity contribution in [1.29, 1.82) is 0 Å². The van der Waals surface area contributed by atoms with E-state index < -0.39 is 0 Å². The highest BCUT2D eigenvalue weighted by Gasteiger charge is 2.15. The van der Waals surface area contributed by atoms with Gasteiger partial charge in [0.05, 0.1) is 12.3 Å². The van der Waals surface area contributed by atoms with Crippen molar-refractivity contribution < 1.29 is 4.42 Å². The zero-order valence-electron chi connectivity index (χ0n) is 11.8. The van der Waals surface area contributed by atoms with Crippen LogP contribution in [0.5, 0.6) is 0 Å². The minimum absolute atomic E-state index is 0.00971. The molecule has 2 aromatic rings. The van der Waals surface area contributed by atoms with Crippen LogP contribution in [0, 0.1) is 0 Å². The van der Waals surface area contributed by atoms with Crippen LogP contribution in [0.15, 0.2) is 47.1 Å². The Morgan fingerprint density at radius 2 is 1.84 bits per heavy atom. The lowest BCUT2D eigenvalue weighted by atomic mass is 9.87. The van der Waals surface area contributed by atoms with Gasteiger partial charge in [-0.25, -0.2) is 0 Å². The van der Waals surface area contributed by atoms with Crippen LogP contribution in [0.3, 0.4) is 0 Å². The first-order valence-electron chi connectivity index (χ1n) is 6.61. The van der Waals surface area contributed by atoms with E-state index in [1.807, 2.05) is 12.1 Å². The highest BCUT2D eigenvalue weighted by atomic mass is 16.3. The van der Waals surface area contributed by atoms with Gasteiger partial charge in [-0.3, -0.25) is 0 Å². The molecule has 102 valence electrons. The number of anilines is 1. The van der Waals surface area contributed by atoms with E-state index in [0.717, 1.165) is 11.4 Å². The Hall–Kier alpha value is -1.74. The van der Waals surface area contributed by atoms with E-state index in [0.29, 0.717) is 6.54 Å². The third kappa shape index (κ3) is 3.38. The molecule has 0 fully saturated rings. The first-order chi connectivity index (χ1) is 9.00. The molecule has 0 radical (unpaired) electrons. The van der Waals surface area contributed by atoms with Gasteiger partial charge < -0.3 is 15.5 Å². The average Bonchev–Trinajstić information content (AvgIpc) is 2.89. The second kappa shape index (κ2) is 5.49. The fourth-order valence-electron chi connectivity index (χ4n) is 2.00. The first-order valence-corrected chi connectivity index (χ1v) is 6.61. The molecule has 1 unspecified atom stereocenters. The second-order valence-electron chi connectivity index (χ2n) is 5.78. The van der Waals surface area contributed by atoms with Crippen molar-refractivity contribution in [2.45, 2.75) is 32.2 Å². The topological polar surface area (TPSA) is 51.2 Å². The summed E-state index contributed by atoms with van der Waals surface area (Å²) in [7, 11) is 0. The van der Waals surface area contributed by atoms with Crippen molar-refractivity contribution in [2.75, 3.05) is 11.9 Å². The lowest BCUT2D eigenvalue weighted by molar-refractivity contribution is 0.481. The minimum atomic E-state index is 0.00971.